The van der Waals surface area contributed by atoms with Gasteiger partial charge in [0.05, 0.1) is 13.2 Å². The number of ether oxygens (including phenoxy) is 1. The Morgan fingerprint density at radius 1 is 1.29 bits per heavy atom. The fourth-order valence-corrected chi connectivity index (χ4v) is 3.85. The van der Waals surface area contributed by atoms with E-state index in [0.717, 1.165) is 37.1 Å². The van der Waals surface area contributed by atoms with Gasteiger partial charge < -0.3 is 4.74 Å². The Morgan fingerprint density at radius 2 is 2.08 bits per heavy atom. The minimum atomic E-state index is -0.206. The van der Waals surface area contributed by atoms with Crippen LogP contribution in [-0.4, -0.2) is 18.7 Å². The van der Waals surface area contributed by atoms with Crippen molar-refractivity contribution in [1.29, 1.82) is 0 Å². The van der Waals surface area contributed by atoms with Gasteiger partial charge in [-0.2, -0.15) is 0 Å². The zero-order chi connectivity index (χ0) is 17.1. The van der Waals surface area contributed by atoms with Crippen LogP contribution in [0.4, 0.5) is 4.39 Å². The van der Waals surface area contributed by atoms with Crippen molar-refractivity contribution in [1.82, 2.24) is 5.01 Å². The third-order valence-electron chi connectivity index (χ3n) is 4.74. The number of methoxy groups -OCH3 is 1. The lowest BCUT2D eigenvalue weighted by Crippen LogP contribution is -2.44. The van der Waals surface area contributed by atoms with Crippen LogP contribution in [0.2, 0.25) is 5.02 Å². The summed E-state index contributed by atoms with van der Waals surface area (Å²) in [6.45, 7) is 0.766. The molecule has 2 atom stereocenters. The molecule has 1 aliphatic rings. The standard InChI is InChI=1S/C19H22ClFN2O/c1-24-18-9-8-15(20)12-14(18)11-13-5-4-10-23(22)19(13)16-6-2-3-7-17(16)21/h2-3,6-9,12-13,19H,4-5,10-11,22H2,1H3. The van der Waals surface area contributed by atoms with Crippen molar-refractivity contribution in [2.75, 3.05) is 13.7 Å². The molecule has 0 aliphatic carbocycles. The van der Waals surface area contributed by atoms with Crippen LogP contribution in [0.5, 0.6) is 5.75 Å². The second kappa shape index (κ2) is 7.51. The lowest BCUT2D eigenvalue weighted by Gasteiger charge is -2.39. The molecule has 3 nitrogen and oxygen atoms in total. The summed E-state index contributed by atoms with van der Waals surface area (Å²) in [5.41, 5.74) is 1.69. The van der Waals surface area contributed by atoms with Crippen LogP contribution in [-0.2, 0) is 6.42 Å². The minimum absolute atomic E-state index is 0.149. The van der Waals surface area contributed by atoms with E-state index in [-0.39, 0.29) is 17.8 Å². The van der Waals surface area contributed by atoms with Crippen molar-refractivity contribution in [2.45, 2.75) is 25.3 Å². The Hall–Kier alpha value is -1.62. The topological polar surface area (TPSA) is 38.5 Å². The number of benzene rings is 2. The first-order chi connectivity index (χ1) is 11.6. The quantitative estimate of drug-likeness (QED) is 0.834. The highest BCUT2D eigenvalue weighted by atomic mass is 35.5. The molecule has 3 rings (SSSR count). The number of nitrogens with two attached hydrogens (primary N) is 1. The molecule has 2 N–H and O–H groups in total. The lowest BCUT2D eigenvalue weighted by atomic mass is 9.81. The fraction of sp³-hybridized carbons (Fsp3) is 0.368. The van der Waals surface area contributed by atoms with Crippen molar-refractivity contribution in [3.63, 3.8) is 0 Å². The largest absolute Gasteiger partial charge is 0.496 e. The summed E-state index contributed by atoms with van der Waals surface area (Å²) in [7, 11) is 1.65. The molecule has 0 amide bonds. The molecule has 0 spiro atoms. The number of rotatable bonds is 4. The van der Waals surface area contributed by atoms with Crippen LogP contribution in [0.1, 0.15) is 30.0 Å². The van der Waals surface area contributed by atoms with E-state index in [4.69, 9.17) is 22.2 Å². The first-order valence-corrected chi connectivity index (χ1v) is 8.56. The van der Waals surface area contributed by atoms with E-state index in [1.54, 1.807) is 18.2 Å². The Balaban J connectivity index is 1.93. The van der Waals surface area contributed by atoms with E-state index in [1.165, 1.54) is 6.07 Å². The highest BCUT2D eigenvalue weighted by Gasteiger charge is 2.33. The molecule has 0 radical (unpaired) electrons. The first kappa shape index (κ1) is 17.2. The Bertz CT molecular complexity index is 710. The lowest BCUT2D eigenvalue weighted by molar-refractivity contribution is 0.0895. The molecule has 1 fully saturated rings. The van der Waals surface area contributed by atoms with Gasteiger partial charge in [-0.05, 0) is 55.0 Å². The summed E-state index contributed by atoms with van der Waals surface area (Å²) in [6, 6.07) is 12.3. The van der Waals surface area contributed by atoms with E-state index in [2.05, 4.69) is 0 Å². The van der Waals surface area contributed by atoms with Gasteiger partial charge in [0, 0.05) is 17.1 Å². The smallest absolute Gasteiger partial charge is 0.128 e. The van der Waals surface area contributed by atoms with E-state index in [0.29, 0.717) is 10.6 Å². The maximum absolute atomic E-state index is 14.3. The molecular formula is C19H22ClFN2O. The van der Waals surface area contributed by atoms with Gasteiger partial charge in [-0.1, -0.05) is 29.8 Å². The van der Waals surface area contributed by atoms with E-state index < -0.39 is 0 Å². The van der Waals surface area contributed by atoms with Gasteiger partial charge in [0.15, 0.2) is 0 Å². The maximum Gasteiger partial charge on any atom is 0.128 e. The molecule has 128 valence electrons. The van der Waals surface area contributed by atoms with Gasteiger partial charge in [0.2, 0.25) is 0 Å². The zero-order valence-electron chi connectivity index (χ0n) is 13.7. The number of piperidine rings is 1. The summed E-state index contributed by atoms with van der Waals surface area (Å²) in [5, 5.41) is 2.44. The van der Waals surface area contributed by atoms with Crippen LogP contribution in [0.15, 0.2) is 42.5 Å². The van der Waals surface area contributed by atoms with Gasteiger partial charge in [-0.15, -0.1) is 0 Å². The second-order valence-electron chi connectivity index (χ2n) is 6.27. The summed E-state index contributed by atoms with van der Waals surface area (Å²) in [6.07, 6.45) is 2.73. The molecule has 0 bridgehead atoms. The molecule has 2 unspecified atom stereocenters. The molecule has 2 aromatic rings. The van der Waals surface area contributed by atoms with Crippen LogP contribution in [0.3, 0.4) is 0 Å². The Labute approximate surface area is 147 Å². The maximum atomic E-state index is 14.3. The van der Waals surface area contributed by atoms with E-state index in [1.807, 2.05) is 30.3 Å². The highest BCUT2D eigenvalue weighted by molar-refractivity contribution is 6.30. The van der Waals surface area contributed by atoms with Crippen LogP contribution in [0.25, 0.3) is 0 Å². The Morgan fingerprint density at radius 3 is 2.83 bits per heavy atom. The van der Waals surface area contributed by atoms with E-state index in [9.17, 15) is 4.39 Å². The first-order valence-electron chi connectivity index (χ1n) is 8.18. The molecule has 24 heavy (non-hydrogen) atoms. The summed E-state index contributed by atoms with van der Waals surface area (Å²) >= 11 is 6.15. The van der Waals surface area contributed by atoms with Gasteiger partial charge >= 0.3 is 0 Å². The van der Waals surface area contributed by atoms with Crippen LogP contribution in [0, 0.1) is 11.7 Å². The van der Waals surface area contributed by atoms with Crippen molar-refractivity contribution < 1.29 is 9.13 Å². The number of nitrogens with zero attached hydrogens (tertiary/aromatic N) is 1. The normalized spacial score (nSPS) is 21.7. The van der Waals surface area contributed by atoms with Crippen molar-refractivity contribution >= 4 is 11.6 Å². The predicted molar refractivity (Wildman–Crippen MR) is 94.5 cm³/mol. The van der Waals surface area contributed by atoms with Crippen molar-refractivity contribution in [3.05, 3.63) is 64.4 Å². The number of halogens is 2. The molecule has 1 saturated heterocycles. The van der Waals surface area contributed by atoms with Crippen LogP contribution >= 0.6 is 11.6 Å². The summed E-state index contributed by atoms with van der Waals surface area (Å²) < 4.78 is 19.8. The minimum Gasteiger partial charge on any atom is -0.496 e. The molecule has 1 heterocycles. The van der Waals surface area contributed by atoms with Gasteiger partial charge in [-0.25, -0.2) is 9.40 Å². The van der Waals surface area contributed by atoms with E-state index >= 15 is 0 Å². The summed E-state index contributed by atoms with van der Waals surface area (Å²) in [5.74, 6) is 7.04. The third kappa shape index (κ3) is 3.56. The number of hydrogen-bond donors (Lipinski definition) is 1. The second-order valence-corrected chi connectivity index (χ2v) is 6.70. The summed E-state index contributed by atoms with van der Waals surface area (Å²) in [4.78, 5) is 0. The predicted octanol–water partition coefficient (Wildman–Crippen LogP) is 4.36. The Kier molecular flexibility index (Phi) is 5.39. The zero-order valence-corrected chi connectivity index (χ0v) is 14.5. The van der Waals surface area contributed by atoms with Crippen molar-refractivity contribution in [3.8, 4) is 5.75 Å². The van der Waals surface area contributed by atoms with Crippen LogP contribution < -0.4 is 10.6 Å². The highest BCUT2D eigenvalue weighted by Crippen LogP contribution is 2.39. The van der Waals surface area contributed by atoms with Crippen molar-refractivity contribution in [2.24, 2.45) is 11.8 Å². The SMILES string of the molecule is COc1ccc(Cl)cc1CC1CCCN(N)C1c1ccccc1F. The van der Waals surface area contributed by atoms with Gasteiger partial charge in [0.25, 0.3) is 0 Å². The number of hydrogen-bond acceptors (Lipinski definition) is 3. The molecule has 0 aromatic heterocycles. The fourth-order valence-electron chi connectivity index (χ4n) is 3.65. The van der Waals surface area contributed by atoms with Gasteiger partial charge in [0.1, 0.15) is 11.6 Å². The average Bonchev–Trinajstić information content (AvgIpc) is 2.56. The number of hydrazine groups is 1. The van der Waals surface area contributed by atoms with Gasteiger partial charge in [-0.3, -0.25) is 5.84 Å². The molecule has 0 saturated carbocycles. The molecule has 5 heteroatoms. The average molecular weight is 349 g/mol. The molecule has 1 aliphatic heterocycles. The third-order valence-corrected chi connectivity index (χ3v) is 4.98. The molecule has 2 aromatic carbocycles. The molecular weight excluding hydrogens is 327 g/mol. The monoisotopic (exact) mass is 348 g/mol.